The van der Waals surface area contributed by atoms with Crippen LogP contribution >= 0.6 is 11.3 Å². The van der Waals surface area contributed by atoms with Gasteiger partial charge in [-0.3, -0.25) is 4.79 Å². The lowest BCUT2D eigenvalue weighted by molar-refractivity contribution is 0.0951. The number of thiazole rings is 1. The smallest absolute Gasteiger partial charge is 0.290 e. The number of amides is 1. The molecule has 0 fully saturated rings. The number of carbonyl (C=O) groups excluding carboxylic acids is 1. The zero-order valence-corrected chi connectivity index (χ0v) is 16.4. The van der Waals surface area contributed by atoms with E-state index in [2.05, 4.69) is 15.5 Å². The Hall–Kier alpha value is -3.39. The summed E-state index contributed by atoms with van der Waals surface area (Å²) < 4.78 is 15.6. The highest BCUT2D eigenvalue weighted by molar-refractivity contribution is 7.13. The van der Waals surface area contributed by atoms with E-state index < -0.39 is 0 Å². The summed E-state index contributed by atoms with van der Waals surface area (Å²) in [5, 5.41) is 6.42. The summed E-state index contributed by atoms with van der Waals surface area (Å²) in [6.45, 7) is 0. The van der Waals surface area contributed by atoms with E-state index >= 15 is 0 Å². The first-order valence-corrected chi connectivity index (χ1v) is 9.17. The standard InChI is InChI=1S/C20H19N3O4S/c1-25-15-6-4-14(5-7-15)20-22-18(12-28-20)19(24)23-21-11-13-8-16(26-2)10-17(9-13)27-3/h4-12H,1-3H3,(H,23,24). The van der Waals surface area contributed by atoms with Gasteiger partial charge in [-0.25, -0.2) is 10.4 Å². The number of benzene rings is 2. The van der Waals surface area contributed by atoms with Crippen LogP contribution in [0.1, 0.15) is 16.1 Å². The fourth-order valence-electron chi connectivity index (χ4n) is 2.37. The Labute approximate surface area is 166 Å². The number of nitrogens with zero attached hydrogens (tertiary/aromatic N) is 2. The van der Waals surface area contributed by atoms with Crippen LogP contribution in [0.5, 0.6) is 17.2 Å². The summed E-state index contributed by atoms with van der Waals surface area (Å²) in [6.07, 6.45) is 1.51. The van der Waals surface area contributed by atoms with Crippen molar-refractivity contribution in [2.45, 2.75) is 0 Å². The molecule has 3 rings (SSSR count). The number of hydrazone groups is 1. The molecule has 0 aliphatic carbocycles. The van der Waals surface area contributed by atoms with Crippen molar-refractivity contribution in [3.8, 4) is 27.8 Å². The van der Waals surface area contributed by atoms with E-state index in [1.165, 1.54) is 17.6 Å². The molecule has 0 saturated heterocycles. The lowest BCUT2D eigenvalue weighted by Gasteiger charge is -2.05. The Morgan fingerprint density at radius 2 is 1.64 bits per heavy atom. The highest BCUT2D eigenvalue weighted by Crippen LogP contribution is 2.25. The normalized spacial score (nSPS) is 10.7. The van der Waals surface area contributed by atoms with E-state index in [4.69, 9.17) is 14.2 Å². The van der Waals surface area contributed by atoms with E-state index in [9.17, 15) is 4.79 Å². The van der Waals surface area contributed by atoms with Gasteiger partial charge < -0.3 is 14.2 Å². The summed E-state index contributed by atoms with van der Waals surface area (Å²) in [4.78, 5) is 16.6. The third-order valence-corrected chi connectivity index (χ3v) is 4.72. The minimum atomic E-state index is -0.387. The highest BCUT2D eigenvalue weighted by atomic mass is 32.1. The predicted molar refractivity (Wildman–Crippen MR) is 109 cm³/mol. The number of aromatic nitrogens is 1. The highest BCUT2D eigenvalue weighted by Gasteiger charge is 2.11. The quantitative estimate of drug-likeness (QED) is 0.487. The number of hydrogen-bond acceptors (Lipinski definition) is 7. The molecular formula is C20H19N3O4S. The van der Waals surface area contributed by atoms with Crippen LogP contribution in [0, 0.1) is 0 Å². The second kappa shape index (κ2) is 9.01. The van der Waals surface area contributed by atoms with E-state index in [1.807, 2.05) is 24.3 Å². The fourth-order valence-corrected chi connectivity index (χ4v) is 3.18. The zero-order chi connectivity index (χ0) is 19.9. The lowest BCUT2D eigenvalue weighted by Crippen LogP contribution is -2.17. The van der Waals surface area contributed by atoms with Gasteiger partial charge in [0.05, 0.1) is 27.5 Å². The maximum Gasteiger partial charge on any atom is 0.290 e. The fraction of sp³-hybridized carbons (Fsp3) is 0.150. The molecule has 0 bridgehead atoms. The molecule has 144 valence electrons. The van der Waals surface area contributed by atoms with Crippen molar-refractivity contribution in [1.29, 1.82) is 0 Å². The summed E-state index contributed by atoms with van der Waals surface area (Å²) in [5.41, 5.74) is 4.42. The first-order valence-electron chi connectivity index (χ1n) is 8.29. The maximum atomic E-state index is 12.3. The zero-order valence-electron chi connectivity index (χ0n) is 15.6. The van der Waals surface area contributed by atoms with Gasteiger partial charge in [-0.1, -0.05) is 0 Å². The molecule has 1 aromatic heterocycles. The largest absolute Gasteiger partial charge is 0.497 e. The Morgan fingerprint density at radius 3 is 2.25 bits per heavy atom. The minimum absolute atomic E-state index is 0.302. The van der Waals surface area contributed by atoms with Crippen molar-refractivity contribution in [2.75, 3.05) is 21.3 Å². The summed E-state index contributed by atoms with van der Waals surface area (Å²) >= 11 is 1.39. The van der Waals surface area contributed by atoms with Gasteiger partial charge in [0.25, 0.3) is 5.91 Å². The predicted octanol–water partition coefficient (Wildman–Crippen LogP) is 3.60. The molecule has 0 saturated carbocycles. The van der Waals surface area contributed by atoms with Gasteiger partial charge in [-0.05, 0) is 36.4 Å². The van der Waals surface area contributed by atoms with Crippen molar-refractivity contribution in [3.63, 3.8) is 0 Å². The number of carbonyl (C=O) groups is 1. The molecule has 0 aliphatic heterocycles. The van der Waals surface area contributed by atoms with Crippen LogP contribution in [0.3, 0.4) is 0 Å². The topological polar surface area (TPSA) is 82.0 Å². The SMILES string of the molecule is COc1ccc(-c2nc(C(=O)NN=Cc3cc(OC)cc(OC)c3)cs2)cc1. The number of methoxy groups -OCH3 is 3. The molecule has 0 aliphatic rings. The molecule has 7 nitrogen and oxygen atoms in total. The second-order valence-corrected chi connectivity index (χ2v) is 6.47. The van der Waals surface area contributed by atoms with E-state index in [0.29, 0.717) is 17.2 Å². The van der Waals surface area contributed by atoms with Crippen molar-refractivity contribution in [3.05, 3.63) is 59.1 Å². The molecule has 0 radical (unpaired) electrons. The van der Waals surface area contributed by atoms with Gasteiger partial charge in [0.15, 0.2) is 0 Å². The first kappa shape index (κ1) is 19.4. The molecule has 1 amide bonds. The average molecular weight is 397 g/mol. The Kier molecular flexibility index (Phi) is 6.23. The molecule has 8 heteroatoms. The number of ether oxygens (including phenoxy) is 3. The molecule has 1 N–H and O–H groups in total. The molecule has 1 heterocycles. The Balaban J connectivity index is 1.67. The lowest BCUT2D eigenvalue weighted by atomic mass is 10.2. The summed E-state index contributed by atoms with van der Waals surface area (Å²) in [5.74, 6) is 1.65. The minimum Gasteiger partial charge on any atom is -0.497 e. The molecule has 2 aromatic carbocycles. The van der Waals surface area contributed by atoms with Crippen molar-refractivity contribution in [1.82, 2.24) is 10.4 Å². The van der Waals surface area contributed by atoms with Crippen LogP contribution in [-0.4, -0.2) is 38.4 Å². The van der Waals surface area contributed by atoms with Gasteiger partial charge in [-0.2, -0.15) is 5.10 Å². The maximum absolute atomic E-state index is 12.3. The number of hydrogen-bond donors (Lipinski definition) is 1. The van der Waals surface area contributed by atoms with Crippen LogP contribution < -0.4 is 19.6 Å². The summed E-state index contributed by atoms with van der Waals surface area (Å²) in [6, 6.07) is 12.8. The molecule has 0 atom stereocenters. The van der Waals surface area contributed by atoms with Gasteiger partial charge in [0, 0.05) is 22.6 Å². The van der Waals surface area contributed by atoms with Gasteiger partial charge in [0.1, 0.15) is 28.0 Å². The van der Waals surface area contributed by atoms with Gasteiger partial charge >= 0.3 is 0 Å². The van der Waals surface area contributed by atoms with E-state index in [0.717, 1.165) is 21.9 Å². The number of rotatable bonds is 7. The first-order chi connectivity index (χ1) is 13.6. The van der Waals surface area contributed by atoms with E-state index in [1.54, 1.807) is 44.9 Å². The second-order valence-electron chi connectivity index (χ2n) is 5.61. The molecular weight excluding hydrogens is 378 g/mol. The van der Waals surface area contributed by atoms with Crippen LogP contribution in [0.25, 0.3) is 10.6 Å². The van der Waals surface area contributed by atoms with Crippen LogP contribution in [0.4, 0.5) is 0 Å². The molecule has 3 aromatic rings. The summed E-state index contributed by atoms with van der Waals surface area (Å²) in [7, 11) is 4.75. The van der Waals surface area contributed by atoms with Crippen molar-refractivity contribution >= 4 is 23.5 Å². The van der Waals surface area contributed by atoms with Gasteiger partial charge in [-0.15, -0.1) is 11.3 Å². The van der Waals surface area contributed by atoms with Crippen LogP contribution in [-0.2, 0) is 0 Å². The van der Waals surface area contributed by atoms with E-state index in [-0.39, 0.29) is 5.91 Å². The molecule has 0 unspecified atom stereocenters. The van der Waals surface area contributed by atoms with Crippen molar-refractivity contribution < 1.29 is 19.0 Å². The van der Waals surface area contributed by atoms with Crippen molar-refractivity contribution in [2.24, 2.45) is 5.10 Å². The monoisotopic (exact) mass is 397 g/mol. The molecule has 0 spiro atoms. The molecule has 28 heavy (non-hydrogen) atoms. The average Bonchev–Trinajstić information content (AvgIpc) is 3.24. The Morgan fingerprint density at radius 1 is 1.00 bits per heavy atom. The third-order valence-electron chi connectivity index (χ3n) is 3.83. The van der Waals surface area contributed by atoms with Gasteiger partial charge in [0.2, 0.25) is 0 Å². The number of nitrogens with one attached hydrogen (secondary N) is 1. The van der Waals surface area contributed by atoms with Crippen LogP contribution in [0.2, 0.25) is 0 Å². The van der Waals surface area contributed by atoms with Crippen LogP contribution in [0.15, 0.2) is 52.9 Å². The Bertz CT molecular complexity index is 961. The third kappa shape index (κ3) is 4.66.